The molecule has 21 heavy (non-hydrogen) atoms. The molecule has 1 atom stereocenters. The Morgan fingerprint density at radius 2 is 2.38 bits per heavy atom. The summed E-state index contributed by atoms with van der Waals surface area (Å²) in [5.74, 6) is 2.16. The molecule has 1 unspecified atom stereocenters. The molecular weight excluding hydrogens is 302 g/mol. The first kappa shape index (κ1) is 14.9. The molecule has 0 radical (unpaired) electrons. The van der Waals surface area contributed by atoms with E-state index in [0.717, 1.165) is 30.8 Å². The minimum Gasteiger partial charge on any atom is -0.330 e. The predicted molar refractivity (Wildman–Crippen MR) is 87.9 cm³/mol. The third kappa shape index (κ3) is 3.44. The summed E-state index contributed by atoms with van der Waals surface area (Å²) < 4.78 is 0. The molecule has 2 aliphatic heterocycles. The van der Waals surface area contributed by atoms with Gasteiger partial charge in [0, 0.05) is 58.9 Å². The van der Waals surface area contributed by atoms with Crippen molar-refractivity contribution in [2.24, 2.45) is 5.73 Å². The highest BCUT2D eigenvalue weighted by molar-refractivity contribution is 8.03. The molecular formula is C15H19N3OS2. The first-order chi connectivity index (χ1) is 10.3. The van der Waals surface area contributed by atoms with Crippen molar-refractivity contribution in [3.63, 3.8) is 0 Å². The van der Waals surface area contributed by atoms with Crippen molar-refractivity contribution in [3.8, 4) is 0 Å². The standard InChI is InChI=1S/C15H19N3OS2/c16-4-6-20-10-11-8-17-5-3-14(11)21-13-2-1-12-7-15(19)18(12)9-13/h3,5,8-9,12H,1-2,4,6-7,10,16H2. The lowest BCUT2D eigenvalue weighted by Crippen LogP contribution is -2.50. The Kier molecular flexibility index (Phi) is 4.87. The van der Waals surface area contributed by atoms with Crippen LogP contribution in [0.25, 0.3) is 0 Å². The molecule has 0 bridgehead atoms. The van der Waals surface area contributed by atoms with Gasteiger partial charge in [-0.1, -0.05) is 11.8 Å². The molecule has 1 aromatic rings. The smallest absolute Gasteiger partial charge is 0.228 e. The van der Waals surface area contributed by atoms with E-state index in [9.17, 15) is 4.79 Å². The highest BCUT2D eigenvalue weighted by atomic mass is 32.2. The molecule has 2 aliphatic rings. The van der Waals surface area contributed by atoms with E-state index in [2.05, 4.69) is 11.1 Å². The minimum atomic E-state index is 0.256. The van der Waals surface area contributed by atoms with E-state index in [4.69, 9.17) is 5.73 Å². The van der Waals surface area contributed by atoms with Crippen LogP contribution in [-0.4, -0.2) is 34.1 Å². The average Bonchev–Trinajstić information content (AvgIpc) is 2.50. The number of nitrogens with zero attached hydrogens (tertiary/aromatic N) is 2. The summed E-state index contributed by atoms with van der Waals surface area (Å²) in [6.07, 6.45) is 8.70. The van der Waals surface area contributed by atoms with Crippen LogP contribution < -0.4 is 5.73 Å². The van der Waals surface area contributed by atoms with Gasteiger partial charge in [-0.25, -0.2) is 0 Å². The molecule has 3 heterocycles. The molecule has 0 spiro atoms. The number of nitrogens with two attached hydrogens (primary N) is 1. The molecule has 1 saturated heterocycles. The Morgan fingerprint density at radius 3 is 3.19 bits per heavy atom. The summed E-state index contributed by atoms with van der Waals surface area (Å²) in [6.45, 7) is 0.705. The Bertz CT molecular complexity index is 562. The van der Waals surface area contributed by atoms with Crippen LogP contribution in [0, 0.1) is 0 Å². The van der Waals surface area contributed by atoms with E-state index in [1.807, 2.05) is 35.3 Å². The van der Waals surface area contributed by atoms with Gasteiger partial charge in [0.1, 0.15) is 0 Å². The third-order valence-electron chi connectivity index (χ3n) is 3.72. The third-order valence-corrected chi connectivity index (χ3v) is 5.95. The molecule has 0 aliphatic carbocycles. The number of amides is 1. The SMILES string of the molecule is NCCSCc1cnccc1SC1=CN2C(=O)CC2CC1. The summed E-state index contributed by atoms with van der Waals surface area (Å²) in [4.78, 5) is 20.2. The first-order valence-corrected chi connectivity index (χ1v) is 9.15. The highest BCUT2D eigenvalue weighted by Gasteiger charge is 2.37. The van der Waals surface area contributed by atoms with E-state index < -0.39 is 0 Å². The Labute approximate surface area is 133 Å². The maximum absolute atomic E-state index is 11.6. The molecule has 3 rings (SSSR count). The monoisotopic (exact) mass is 321 g/mol. The van der Waals surface area contributed by atoms with Gasteiger partial charge in [-0.2, -0.15) is 11.8 Å². The lowest BCUT2D eigenvalue weighted by molar-refractivity contribution is -0.142. The summed E-state index contributed by atoms with van der Waals surface area (Å²) in [6, 6.07) is 2.52. The number of hydrogen-bond donors (Lipinski definition) is 1. The fraction of sp³-hybridized carbons (Fsp3) is 0.467. The van der Waals surface area contributed by atoms with Gasteiger partial charge in [-0.15, -0.1) is 0 Å². The normalized spacial score (nSPS) is 20.8. The molecule has 2 N–H and O–H groups in total. The zero-order chi connectivity index (χ0) is 14.7. The number of thioether (sulfide) groups is 2. The molecule has 0 aromatic carbocycles. The molecule has 1 amide bonds. The largest absolute Gasteiger partial charge is 0.330 e. The number of aromatic nitrogens is 1. The van der Waals surface area contributed by atoms with E-state index in [0.29, 0.717) is 12.6 Å². The molecule has 0 saturated carbocycles. The molecule has 112 valence electrons. The Hall–Kier alpha value is -0.980. The summed E-state index contributed by atoms with van der Waals surface area (Å²) in [7, 11) is 0. The molecule has 1 aromatic heterocycles. The number of allylic oxidation sites excluding steroid dienone is 1. The van der Waals surface area contributed by atoms with Gasteiger partial charge in [-0.05, 0) is 24.5 Å². The Balaban J connectivity index is 1.68. The highest BCUT2D eigenvalue weighted by Crippen LogP contribution is 2.39. The second-order valence-electron chi connectivity index (χ2n) is 5.22. The van der Waals surface area contributed by atoms with E-state index in [1.54, 1.807) is 11.8 Å². The van der Waals surface area contributed by atoms with Crippen LogP contribution in [-0.2, 0) is 10.5 Å². The second-order valence-corrected chi connectivity index (χ2v) is 7.49. The lowest BCUT2D eigenvalue weighted by atomic mass is 9.95. The first-order valence-electron chi connectivity index (χ1n) is 7.18. The molecule has 6 heteroatoms. The topological polar surface area (TPSA) is 59.2 Å². The van der Waals surface area contributed by atoms with Gasteiger partial charge in [-0.3, -0.25) is 9.78 Å². The number of carbonyl (C=O) groups excluding carboxylic acids is 1. The zero-order valence-electron chi connectivity index (χ0n) is 11.8. The zero-order valence-corrected chi connectivity index (χ0v) is 13.5. The van der Waals surface area contributed by atoms with Crippen LogP contribution in [0.1, 0.15) is 24.8 Å². The fourth-order valence-corrected chi connectivity index (χ4v) is 4.46. The van der Waals surface area contributed by atoms with Crippen LogP contribution in [0.4, 0.5) is 0 Å². The van der Waals surface area contributed by atoms with Crippen LogP contribution >= 0.6 is 23.5 Å². The van der Waals surface area contributed by atoms with E-state index >= 15 is 0 Å². The van der Waals surface area contributed by atoms with Crippen LogP contribution in [0.15, 0.2) is 34.5 Å². The summed E-state index contributed by atoms with van der Waals surface area (Å²) in [5, 5.41) is 0. The van der Waals surface area contributed by atoms with Crippen molar-refractivity contribution in [2.45, 2.75) is 36.0 Å². The molecule has 4 nitrogen and oxygen atoms in total. The van der Waals surface area contributed by atoms with Gasteiger partial charge in [0.15, 0.2) is 0 Å². The number of pyridine rings is 1. The van der Waals surface area contributed by atoms with Gasteiger partial charge >= 0.3 is 0 Å². The number of β-lactam (4-membered cyclic amide) rings is 1. The van der Waals surface area contributed by atoms with Crippen LogP contribution in [0.5, 0.6) is 0 Å². The minimum absolute atomic E-state index is 0.256. The van der Waals surface area contributed by atoms with Gasteiger partial charge < -0.3 is 10.6 Å². The van der Waals surface area contributed by atoms with Gasteiger partial charge in [0.05, 0.1) is 0 Å². The maximum atomic E-state index is 11.6. The second kappa shape index (κ2) is 6.85. The van der Waals surface area contributed by atoms with E-state index in [-0.39, 0.29) is 5.91 Å². The predicted octanol–water partition coefficient (Wildman–Crippen LogP) is 2.60. The summed E-state index contributed by atoms with van der Waals surface area (Å²) in [5.41, 5.74) is 6.79. The van der Waals surface area contributed by atoms with Crippen LogP contribution in [0.3, 0.4) is 0 Å². The fourth-order valence-electron chi connectivity index (χ4n) is 2.55. The van der Waals surface area contributed by atoms with Crippen molar-refractivity contribution >= 4 is 29.4 Å². The van der Waals surface area contributed by atoms with Crippen molar-refractivity contribution < 1.29 is 4.79 Å². The van der Waals surface area contributed by atoms with Crippen molar-refractivity contribution in [2.75, 3.05) is 12.3 Å². The maximum Gasteiger partial charge on any atom is 0.228 e. The van der Waals surface area contributed by atoms with Crippen molar-refractivity contribution in [3.05, 3.63) is 35.1 Å². The summed E-state index contributed by atoms with van der Waals surface area (Å²) >= 11 is 3.61. The van der Waals surface area contributed by atoms with Crippen molar-refractivity contribution in [1.29, 1.82) is 0 Å². The Morgan fingerprint density at radius 1 is 1.48 bits per heavy atom. The number of rotatable bonds is 6. The number of fused-ring (bicyclic) bond motifs is 1. The average molecular weight is 321 g/mol. The quantitative estimate of drug-likeness (QED) is 0.645. The van der Waals surface area contributed by atoms with Crippen LogP contribution in [0.2, 0.25) is 0 Å². The number of carbonyl (C=O) groups is 1. The van der Waals surface area contributed by atoms with Gasteiger partial charge in [0.25, 0.3) is 0 Å². The number of hydrogen-bond acceptors (Lipinski definition) is 5. The lowest BCUT2D eigenvalue weighted by Gasteiger charge is -2.41. The van der Waals surface area contributed by atoms with E-state index in [1.165, 1.54) is 15.4 Å². The molecule has 1 fully saturated rings. The van der Waals surface area contributed by atoms with Gasteiger partial charge in [0.2, 0.25) is 5.91 Å². The van der Waals surface area contributed by atoms with Crippen molar-refractivity contribution in [1.82, 2.24) is 9.88 Å².